The molecule has 1 N–H and O–H groups in total. The average Bonchev–Trinajstić information content (AvgIpc) is 3.19. The molecule has 0 bridgehead atoms. The molecule has 0 radical (unpaired) electrons. The first-order valence-corrected chi connectivity index (χ1v) is 10.4. The molecule has 2 heterocycles. The van der Waals surface area contributed by atoms with Gasteiger partial charge in [0.1, 0.15) is 5.71 Å². The Kier molecular flexibility index (Phi) is 4.27. The topological polar surface area (TPSA) is 88.1 Å². The number of nitrogens with one attached hydrogen (secondary N) is 1. The summed E-state index contributed by atoms with van der Waals surface area (Å²) in [7, 11) is -3.57. The monoisotopic (exact) mass is 377 g/mol. The van der Waals surface area contributed by atoms with Gasteiger partial charge in [-0.2, -0.15) is 4.31 Å². The molecule has 8 heteroatoms. The maximum atomic E-state index is 12.8. The Balaban J connectivity index is 1.42. The van der Waals surface area contributed by atoms with Crippen LogP contribution in [0.1, 0.15) is 37.7 Å². The smallest absolute Gasteiger partial charge is 0.269 e. The van der Waals surface area contributed by atoms with E-state index in [2.05, 4.69) is 10.5 Å². The van der Waals surface area contributed by atoms with E-state index in [0.29, 0.717) is 25.1 Å². The number of carbonyl (C=O) groups excluding carboxylic acids is 1. The molecule has 1 aliphatic carbocycles. The van der Waals surface area contributed by atoms with Crippen molar-refractivity contribution in [2.45, 2.75) is 55.6 Å². The first-order valence-electron chi connectivity index (χ1n) is 9.01. The van der Waals surface area contributed by atoms with Crippen molar-refractivity contribution >= 4 is 21.6 Å². The molecule has 1 atom stereocenters. The molecule has 3 aliphatic rings. The van der Waals surface area contributed by atoms with E-state index < -0.39 is 15.6 Å². The van der Waals surface area contributed by atoms with Gasteiger partial charge in [0, 0.05) is 25.4 Å². The third-order valence-electron chi connectivity index (χ3n) is 5.48. The summed E-state index contributed by atoms with van der Waals surface area (Å²) in [6.45, 7) is 2.50. The van der Waals surface area contributed by atoms with E-state index in [9.17, 15) is 13.2 Å². The van der Waals surface area contributed by atoms with Crippen LogP contribution in [-0.4, -0.2) is 49.1 Å². The standard InChI is InChI=1S/C18H23N3O4S/c1-13-5-7-15(8-6-13)26(23,24)21-10-9-18(12-21)11-16(20-25-18)17(22)19-14-3-2-4-14/h5-8,14H,2-4,9-12H2,1H3,(H,19,22)/t18-/m1/s1. The highest BCUT2D eigenvalue weighted by Gasteiger charge is 2.50. The molecule has 1 saturated heterocycles. The minimum absolute atomic E-state index is 0.189. The van der Waals surface area contributed by atoms with Crippen LogP contribution in [-0.2, 0) is 19.7 Å². The van der Waals surface area contributed by atoms with Crippen molar-refractivity contribution in [1.82, 2.24) is 9.62 Å². The van der Waals surface area contributed by atoms with Crippen LogP contribution in [0.25, 0.3) is 0 Å². The van der Waals surface area contributed by atoms with Gasteiger partial charge in [-0.1, -0.05) is 22.9 Å². The molecule has 1 aromatic carbocycles. The Morgan fingerprint density at radius 2 is 2.04 bits per heavy atom. The van der Waals surface area contributed by atoms with Gasteiger partial charge in [-0.3, -0.25) is 4.79 Å². The van der Waals surface area contributed by atoms with Crippen molar-refractivity contribution < 1.29 is 18.0 Å². The van der Waals surface area contributed by atoms with Gasteiger partial charge in [-0.25, -0.2) is 8.42 Å². The van der Waals surface area contributed by atoms with Gasteiger partial charge >= 0.3 is 0 Å². The fraction of sp³-hybridized carbons (Fsp3) is 0.556. The first kappa shape index (κ1) is 17.5. The van der Waals surface area contributed by atoms with E-state index in [1.165, 1.54) is 4.31 Å². The lowest BCUT2D eigenvalue weighted by atomic mass is 9.92. The Morgan fingerprint density at radius 3 is 2.69 bits per heavy atom. The Bertz CT molecular complexity index is 846. The Labute approximate surface area is 153 Å². The predicted molar refractivity (Wildman–Crippen MR) is 96.2 cm³/mol. The minimum atomic E-state index is -3.57. The van der Waals surface area contributed by atoms with Gasteiger partial charge in [0.05, 0.1) is 11.4 Å². The number of aryl methyl sites for hydroxylation is 1. The van der Waals surface area contributed by atoms with Crippen LogP contribution in [0.3, 0.4) is 0 Å². The van der Waals surface area contributed by atoms with E-state index in [-0.39, 0.29) is 23.4 Å². The first-order chi connectivity index (χ1) is 12.4. The molecule has 1 amide bonds. The summed E-state index contributed by atoms with van der Waals surface area (Å²) >= 11 is 0. The Morgan fingerprint density at radius 1 is 1.31 bits per heavy atom. The second-order valence-corrected chi connectivity index (χ2v) is 9.43. The van der Waals surface area contributed by atoms with Crippen LogP contribution >= 0.6 is 0 Å². The molecular formula is C18H23N3O4S. The summed E-state index contributed by atoms with van der Waals surface area (Å²) in [6.07, 6.45) is 4.04. The quantitative estimate of drug-likeness (QED) is 0.863. The van der Waals surface area contributed by atoms with E-state index in [1.54, 1.807) is 24.3 Å². The highest BCUT2D eigenvalue weighted by molar-refractivity contribution is 7.89. The van der Waals surface area contributed by atoms with E-state index >= 15 is 0 Å². The van der Waals surface area contributed by atoms with Crippen molar-refractivity contribution in [2.24, 2.45) is 5.16 Å². The predicted octanol–water partition coefficient (Wildman–Crippen LogP) is 1.57. The van der Waals surface area contributed by atoms with Gasteiger partial charge in [0.15, 0.2) is 5.60 Å². The SMILES string of the molecule is Cc1ccc(S(=O)(=O)N2CC[C@@]3(CC(C(=O)NC4CCC4)=NO3)C2)cc1. The second-order valence-electron chi connectivity index (χ2n) is 7.49. The third kappa shape index (κ3) is 3.12. The summed E-state index contributed by atoms with van der Waals surface area (Å²) in [5, 5.41) is 6.92. The number of nitrogens with zero attached hydrogens (tertiary/aromatic N) is 2. The number of hydrogen-bond acceptors (Lipinski definition) is 5. The maximum Gasteiger partial charge on any atom is 0.269 e. The molecule has 2 aliphatic heterocycles. The van der Waals surface area contributed by atoms with Crippen LogP contribution < -0.4 is 5.32 Å². The molecule has 1 saturated carbocycles. The number of rotatable bonds is 4. The number of amides is 1. The van der Waals surface area contributed by atoms with E-state index in [0.717, 1.165) is 24.8 Å². The summed E-state index contributed by atoms with van der Waals surface area (Å²) in [4.78, 5) is 18.1. The molecule has 1 spiro atoms. The number of sulfonamides is 1. The van der Waals surface area contributed by atoms with Crippen molar-refractivity contribution in [3.63, 3.8) is 0 Å². The lowest BCUT2D eigenvalue weighted by Crippen LogP contribution is -2.44. The Hall–Kier alpha value is -1.93. The molecule has 0 unspecified atom stereocenters. The number of benzene rings is 1. The minimum Gasteiger partial charge on any atom is -0.387 e. The summed E-state index contributed by atoms with van der Waals surface area (Å²) in [5.74, 6) is -0.189. The molecule has 26 heavy (non-hydrogen) atoms. The zero-order valence-electron chi connectivity index (χ0n) is 14.8. The molecular weight excluding hydrogens is 354 g/mol. The third-order valence-corrected chi connectivity index (χ3v) is 7.34. The van der Waals surface area contributed by atoms with Crippen LogP contribution in [0.15, 0.2) is 34.3 Å². The number of hydrogen-bond donors (Lipinski definition) is 1. The van der Waals surface area contributed by atoms with E-state index in [4.69, 9.17) is 4.84 Å². The normalized spacial score (nSPS) is 26.4. The van der Waals surface area contributed by atoms with Gasteiger partial charge < -0.3 is 10.2 Å². The van der Waals surface area contributed by atoms with Crippen LogP contribution in [0.4, 0.5) is 0 Å². The summed E-state index contributed by atoms with van der Waals surface area (Å²) < 4.78 is 27.1. The number of oxime groups is 1. The summed E-state index contributed by atoms with van der Waals surface area (Å²) in [5.41, 5.74) is 0.660. The number of carbonyl (C=O) groups is 1. The van der Waals surface area contributed by atoms with Gasteiger partial charge in [0.2, 0.25) is 10.0 Å². The van der Waals surface area contributed by atoms with Crippen LogP contribution in [0.2, 0.25) is 0 Å². The zero-order valence-corrected chi connectivity index (χ0v) is 15.6. The zero-order chi connectivity index (χ0) is 18.4. The van der Waals surface area contributed by atoms with Crippen LogP contribution in [0, 0.1) is 6.92 Å². The highest BCUT2D eigenvalue weighted by Crippen LogP contribution is 2.36. The maximum absolute atomic E-state index is 12.8. The average molecular weight is 377 g/mol. The largest absolute Gasteiger partial charge is 0.387 e. The van der Waals surface area contributed by atoms with Crippen molar-refractivity contribution in [2.75, 3.05) is 13.1 Å². The lowest BCUT2D eigenvalue weighted by Gasteiger charge is -2.26. The van der Waals surface area contributed by atoms with E-state index in [1.807, 2.05) is 6.92 Å². The van der Waals surface area contributed by atoms with Crippen molar-refractivity contribution in [3.8, 4) is 0 Å². The van der Waals surface area contributed by atoms with Gasteiger partial charge in [-0.05, 0) is 38.3 Å². The molecule has 0 aromatic heterocycles. The summed E-state index contributed by atoms with van der Waals surface area (Å²) in [6, 6.07) is 7.06. The fourth-order valence-electron chi connectivity index (χ4n) is 3.56. The lowest BCUT2D eigenvalue weighted by molar-refractivity contribution is -0.116. The van der Waals surface area contributed by atoms with Crippen molar-refractivity contribution in [3.05, 3.63) is 29.8 Å². The molecule has 140 valence electrons. The van der Waals surface area contributed by atoms with Crippen molar-refractivity contribution in [1.29, 1.82) is 0 Å². The fourth-order valence-corrected chi connectivity index (χ4v) is 5.07. The molecule has 1 aromatic rings. The molecule has 2 fully saturated rings. The highest BCUT2D eigenvalue weighted by atomic mass is 32.2. The van der Waals surface area contributed by atoms with Crippen LogP contribution in [0.5, 0.6) is 0 Å². The molecule has 4 rings (SSSR count). The second kappa shape index (κ2) is 6.35. The van der Waals surface area contributed by atoms with Gasteiger partial charge in [0.25, 0.3) is 5.91 Å². The van der Waals surface area contributed by atoms with Gasteiger partial charge in [-0.15, -0.1) is 0 Å². The molecule has 7 nitrogen and oxygen atoms in total.